The fourth-order valence-corrected chi connectivity index (χ4v) is 3.62. The van der Waals surface area contributed by atoms with Crippen molar-refractivity contribution in [1.29, 1.82) is 0 Å². The fourth-order valence-electron chi connectivity index (χ4n) is 2.41. The number of sulfonamides is 1. The van der Waals surface area contributed by atoms with E-state index in [2.05, 4.69) is 28.5 Å². The SMILES string of the molecule is CCC(C)c1ccc(S(=O)(=O)N[C@@H](C)c2nccnc2C)cc1. The van der Waals surface area contributed by atoms with Crippen LogP contribution in [0, 0.1) is 6.92 Å². The van der Waals surface area contributed by atoms with Crippen LogP contribution in [-0.4, -0.2) is 18.4 Å². The molecule has 23 heavy (non-hydrogen) atoms. The van der Waals surface area contributed by atoms with Gasteiger partial charge >= 0.3 is 0 Å². The number of aromatic nitrogens is 2. The second-order valence-corrected chi connectivity index (χ2v) is 7.46. The summed E-state index contributed by atoms with van der Waals surface area (Å²) >= 11 is 0. The molecular weight excluding hydrogens is 310 g/mol. The minimum absolute atomic E-state index is 0.262. The molecule has 2 aromatic rings. The summed E-state index contributed by atoms with van der Waals surface area (Å²) in [5.41, 5.74) is 2.49. The minimum atomic E-state index is -3.59. The number of rotatable bonds is 6. The Morgan fingerprint density at radius 3 is 2.26 bits per heavy atom. The van der Waals surface area contributed by atoms with E-state index in [9.17, 15) is 8.42 Å². The average Bonchev–Trinajstić information content (AvgIpc) is 2.54. The summed E-state index contributed by atoms with van der Waals surface area (Å²) in [7, 11) is -3.59. The van der Waals surface area contributed by atoms with Crippen LogP contribution < -0.4 is 4.72 Å². The number of benzene rings is 1. The van der Waals surface area contributed by atoms with Gasteiger partial charge in [-0.25, -0.2) is 13.1 Å². The Kier molecular flexibility index (Phi) is 5.49. The molecule has 0 amide bonds. The van der Waals surface area contributed by atoms with Crippen LogP contribution in [-0.2, 0) is 10.0 Å². The molecule has 6 heteroatoms. The van der Waals surface area contributed by atoms with Crippen molar-refractivity contribution >= 4 is 10.0 Å². The van der Waals surface area contributed by atoms with Crippen molar-refractivity contribution in [2.45, 2.75) is 51.0 Å². The maximum Gasteiger partial charge on any atom is 0.241 e. The molecule has 5 nitrogen and oxygen atoms in total. The molecule has 0 aliphatic heterocycles. The molecule has 1 aromatic carbocycles. The van der Waals surface area contributed by atoms with Gasteiger partial charge in [0.2, 0.25) is 10.0 Å². The summed E-state index contributed by atoms with van der Waals surface area (Å²) in [5.74, 6) is 0.417. The van der Waals surface area contributed by atoms with E-state index < -0.39 is 16.1 Å². The maximum absolute atomic E-state index is 12.5. The zero-order valence-corrected chi connectivity index (χ0v) is 14.8. The second kappa shape index (κ2) is 7.19. The predicted molar refractivity (Wildman–Crippen MR) is 90.7 cm³/mol. The Morgan fingerprint density at radius 2 is 1.70 bits per heavy atom. The van der Waals surface area contributed by atoms with Crippen LogP contribution in [0.15, 0.2) is 41.6 Å². The average molecular weight is 333 g/mol. The lowest BCUT2D eigenvalue weighted by Gasteiger charge is -2.16. The van der Waals surface area contributed by atoms with E-state index in [1.54, 1.807) is 31.5 Å². The topological polar surface area (TPSA) is 72.0 Å². The summed E-state index contributed by atoms with van der Waals surface area (Å²) in [4.78, 5) is 8.62. The van der Waals surface area contributed by atoms with Crippen LogP contribution >= 0.6 is 0 Å². The largest absolute Gasteiger partial charge is 0.258 e. The third-order valence-electron chi connectivity index (χ3n) is 4.03. The van der Waals surface area contributed by atoms with Crippen molar-refractivity contribution in [1.82, 2.24) is 14.7 Å². The zero-order chi connectivity index (χ0) is 17.0. The van der Waals surface area contributed by atoms with Gasteiger partial charge in [0.05, 0.1) is 22.3 Å². The first-order chi connectivity index (χ1) is 10.8. The third kappa shape index (κ3) is 4.14. The van der Waals surface area contributed by atoms with Gasteiger partial charge in [-0.3, -0.25) is 9.97 Å². The summed E-state index contributed by atoms with van der Waals surface area (Å²) in [6, 6.07) is 6.62. The first kappa shape index (κ1) is 17.6. The van der Waals surface area contributed by atoms with Crippen LogP contribution in [0.2, 0.25) is 0 Å². The Hall–Kier alpha value is -1.79. The van der Waals surface area contributed by atoms with Crippen molar-refractivity contribution in [3.63, 3.8) is 0 Å². The minimum Gasteiger partial charge on any atom is -0.258 e. The summed E-state index contributed by atoms with van der Waals surface area (Å²) in [5, 5.41) is 0. The molecule has 0 saturated carbocycles. The first-order valence-electron chi connectivity index (χ1n) is 7.75. The van der Waals surface area contributed by atoms with E-state index in [1.807, 2.05) is 19.1 Å². The van der Waals surface area contributed by atoms with Gasteiger partial charge in [0.25, 0.3) is 0 Å². The van der Waals surface area contributed by atoms with E-state index in [0.717, 1.165) is 17.7 Å². The standard InChI is InChI=1S/C17H23N3O2S/c1-5-12(2)15-6-8-16(9-7-15)23(21,22)20-14(4)17-13(3)18-10-11-19-17/h6-12,14,20H,5H2,1-4H3/t12?,14-/m0/s1. The van der Waals surface area contributed by atoms with Crippen LogP contribution in [0.3, 0.4) is 0 Å². The third-order valence-corrected chi connectivity index (χ3v) is 5.59. The van der Waals surface area contributed by atoms with Crippen molar-refractivity contribution in [2.24, 2.45) is 0 Å². The number of hydrogen-bond donors (Lipinski definition) is 1. The quantitative estimate of drug-likeness (QED) is 0.880. The highest BCUT2D eigenvalue weighted by atomic mass is 32.2. The summed E-state index contributed by atoms with van der Waals surface area (Å²) in [6.07, 6.45) is 4.18. The highest BCUT2D eigenvalue weighted by Crippen LogP contribution is 2.22. The van der Waals surface area contributed by atoms with Crippen molar-refractivity contribution < 1.29 is 8.42 Å². The molecule has 0 saturated heterocycles. The van der Waals surface area contributed by atoms with Crippen LogP contribution in [0.1, 0.15) is 56.1 Å². The van der Waals surface area contributed by atoms with Crippen LogP contribution in [0.5, 0.6) is 0 Å². The monoisotopic (exact) mass is 333 g/mol. The van der Waals surface area contributed by atoms with Gasteiger partial charge < -0.3 is 0 Å². The molecule has 2 atom stereocenters. The molecule has 2 rings (SSSR count). The van der Waals surface area contributed by atoms with Gasteiger partial charge in [-0.1, -0.05) is 26.0 Å². The second-order valence-electron chi connectivity index (χ2n) is 5.75. The van der Waals surface area contributed by atoms with Gasteiger partial charge in [-0.05, 0) is 43.9 Å². The van der Waals surface area contributed by atoms with Gasteiger partial charge in [-0.2, -0.15) is 0 Å². The Balaban J connectivity index is 2.20. The normalized spacial score (nSPS) is 14.4. The first-order valence-corrected chi connectivity index (χ1v) is 9.23. The molecule has 1 unspecified atom stereocenters. The van der Waals surface area contributed by atoms with E-state index in [1.165, 1.54) is 0 Å². The van der Waals surface area contributed by atoms with E-state index in [0.29, 0.717) is 11.6 Å². The highest BCUT2D eigenvalue weighted by Gasteiger charge is 2.20. The number of nitrogens with one attached hydrogen (secondary N) is 1. The molecule has 124 valence electrons. The number of nitrogens with zero attached hydrogens (tertiary/aromatic N) is 2. The van der Waals surface area contributed by atoms with Crippen molar-refractivity contribution in [3.8, 4) is 0 Å². The zero-order valence-electron chi connectivity index (χ0n) is 13.9. The summed E-state index contributed by atoms with van der Waals surface area (Å²) in [6.45, 7) is 7.82. The molecule has 0 bridgehead atoms. The molecule has 1 N–H and O–H groups in total. The number of hydrogen-bond acceptors (Lipinski definition) is 4. The lowest BCUT2D eigenvalue weighted by Crippen LogP contribution is -2.28. The molecule has 1 heterocycles. The Bertz CT molecular complexity index is 758. The lowest BCUT2D eigenvalue weighted by atomic mass is 9.99. The predicted octanol–water partition coefficient (Wildman–Crippen LogP) is 3.34. The van der Waals surface area contributed by atoms with Crippen LogP contribution in [0.25, 0.3) is 0 Å². The van der Waals surface area contributed by atoms with E-state index in [4.69, 9.17) is 0 Å². The molecule has 1 aromatic heterocycles. The molecular formula is C17H23N3O2S. The fraction of sp³-hybridized carbons (Fsp3) is 0.412. The summed E-state index contributed by atoms with van der Waals surface area (Å²) < 4.78 is 27.7. The van der Waals surface area contributed by atoms with Gasteiger partial charge in [0.15, 0.2) is 0 Å². The molecule has 0 spiro atoms. The Labute approximate surface area is 138 Å². The van der Waals surface area contributed by atoms with Gasteiger partial charge in [-0.15, -0.1) is 0 Å². The highest BCUT2D eigenvalue weighted by molar-refractivity contribution is 7.89. The van der Waals surface area contributed by atoms with Crippen molar-refractivity contribution in [3.05, 3.63) is 53.6 Å². The Morgan fingerprint density at radius 1 is 1.09 bits per heavy atom. The molecule has 0 aliphatic rings. The van der Waals surface area contributed by atoms with E-state index in [-0.39, 0.29) is 4.90 Å². The number of aryl methyl sites for hydroxylation is 1. The molecule has 0 aliphatic carbocycles. The molecule has 0 fully saturated rings. The maximum atomic E-state index is 12.5. The lowest BCUT2D eigenvalue weighted by molar-refractivity contribution is 0.562. The molecule has 0 radical (unpaired) electrons. The van der Waals surface area contributed by atoms with Gasteiger partial charge in [0, 0.05) is 12.4 Å². The van der Waals surface area contributed by atoms with Crippen molar-refractivity contribution in [2.75, 3.05) is 0 Å². The van der Waals surface area contributed by atoms with Gasteiger partial charge in [0.1, 0.15) is 0 Å². The van der Waals surface area contributed by atoms with E-state index >= 15 is 0 Å². The van der Waals surface area contributed by atoms with Crippen LogP contribution in [0.4, 0.5) is 0 Å². The smallest absolute Gasteiger partial charge is 0.241 e.